The van der Waals surface area contributed by atoms with E-state index in [0.29, 0.717) is 18.6 Å². The second kappa shape index (κ2) is 7.24. The number of aliphatic hydroxyl groups is 1. The molecule has 0 bridgehead atoms. The molecule has 0 aromatic heterocycles. The molecule has 0 aliphatic heterocycles. The third-order valence-electron chi connectivity index (χ3n) is 3.84. The van der Waals surface area contributed by atoms with E-state index in [2.05, 4.69) is 19.2 Å². The maximum Gasteiger partial charge on any atom is 0.0471 e. The van der Waals surface area contributed by atoms with Gasteiger partial charge < -0.3 is 10.4 Å². The van der Waals surface area contributed by atoms with Gasteiger partial charge in [-0.1, -0.05) is 32.6 Å². The van der Waals surface area contributed by atoms with Crippen LogP contribution in [0.4, 0.5) is 0 Å². The van der Waals surface area contributed by atoms with Gasteiger partial charge in [0.25, 0.3) is 0 Å². The van der Waals surface area contributed by atoms with Gasteiger partial charge >= 0.3 is 0 Å². The Morgan fingerprint density at radius 3 is 2.27 bits per heavy atom. The van der Waals surface area contributed by atoms with E-state index >= 15 is 0 Å². The molecule has 0 amide bonds. The number of nitrogens with one attached hydrogen (secondary N) is 1. The molecular weight excluding hydrogens is 186 g/mol. The van der Waals surface area contributed by atoms with Crippen LogP contribution in [0.25, 0.3) is 0 Å². The first-order valence-corrected chi connectivity index (χ1v) is 6.58. The molecule has 90 valence electrons. The number of rotatable bonds is 5. The summed E-state index contributed by atoms with van der Waals surface area (Å²) in [5.74, 6) is 1.25. The molecule has 1 aliphatic carbocycles. The Hall–Kier alpha value is -0.0800. The van der Waals surface area contributed by atoms with Crippen molar-refractivity contribution >= 4 is 0 Å². The predicted octanol–water partition coefficient (Wildman–Crippen LogP) is 2.56. The van der Waals surface area contributed by atoms with Gasteiger partial charge in [0.2, 0.25) is 0 Å². The van der Waals surface area contributed by atoms with Crippen LogP contribution in [0.3, 0.4) is 0 Å². The highest BCUT2D eigenvalue weighted by atomic mass is 16.3. The lowest BCUT2D eigenvalue weighted by Crippen LogP contribution is -2.37. The van der Waals surface area contributed by atoms with Crippen LogP contribution in [0.2, 0.25) is 0 Å². The Bertz CT molecular complexity index is 153. The maximum atomic E-state index is 9.05. The first-order chi connectivity index (χ1) is 7.24. The Morgan fingerprint density at radius 2 is 1.73 bits per heavy atom. The number of aliphatic hydroxyl groups excluding tert-OH is 1. The normalized spacial score (nSPS) is 23.4. The second-order valence-corrected chi connectivity index (χ2v) is 5.21. The van der Waals surface area contributed by atoms with Gasteiger partial charge in [0.05, 0.1) is 0 Å². The fourth-order valence-electron chi connectivity index (χ4n) is 2.28. The minimum absolute atomic E-state index is 0.291. The highest BCUT2D eigenvalue weighted by Gasteiger charge is 2.15. The van der Waals surface area contributed by atoms with Crippen molar-refractivity contribution in [1.82, 2.24) is 5.32 Å². The van der Waals surface area contributed by atoms with Crippen LogP contribution in [0, 0.1) is 11.8 Å². The van der Waals surface area contributed by atoms with E-state index in [-0.39, 0.29) is 0 Å². The van der Waals surface area contributed by atoms with E-state index in [0.717, 1.165) is 12.5 Å². The van der Waals surface area contributed by atoms with Crippen molar-refractivity contribution in [2.75, 3.05) is 13.2 Å². The van der Waals surface area contributed by atoms with E-state index in [9.17, 15) is 0 Å². The average Bonchev–Trinajstić information content (AvgIpc) is 2.53. The van der Waals surface area contributed by atoms with Crippen LogP contribution < -0.4 is 5.32 Å². The summed E-state index contributed by atoms with van der Waals surface area (Å²) in [5, 5.41) is 12.6. The summed E-state index contributed by atoms with van der Waals surface area (Å²) in [5.41, 5.74) is 0. The standard InChI is InChI=1S/C13H27NO/c1-11(10-15)12(2)14-9-13-7-5-3-4-6-8-13/h11-15H,3-10H2,1-2H3. The summed E-state index contributed by atoms with van der Waals surface area (Å²) >= 11 is 0. The van der Waals surface area contributed by atoms with E-state index in [4.69, 9.17) is 5.11 Å². The summed E-state index contributed by atoms with van der Waals surface area (Å²) in [4.78, 5) is 0. The lowest BCUT2D eigenvalue weighted by molar-refractivity contribution is 0.203. The minimum atomic E-state index is 0.291. The SMILES string of the molecule is CC(CO)C(C)NCC1CCCCCC1. The van der Waals surface area contributed by atoms with E-state index in [1.54, 1.807) is 0 Å². The van der Waals surface area contributed by atoms with Crippen LogP contribution in [0.15, 0.2) is 0 Å². The van der Waals surface area contributed by atoms with Crippen LogP contribution in [0.5, 0.6) is 0 Å². The van der Waals surface area contributed by atoms with E-state index in [1.807, 2.05) is 0 Å². The maximum absolute atomic E-state index is 9.05. The van der Waals surface area contributed by atoms with Crippen molar-refractivity contribution in [1.29, 1.82) is 0 Å². The molecule has 0 saturated heterocycles. The molecule has 0 aromatic rings. The summed E-state index contributed by atoms with van der Waals surface area (Å²) < 4.78 is 0. The Balaban J connectivity index is 2.17. The van der Waals surface area contributed by atoms with Gasteiger partial charge in [0.1, 0.15) is 0 Å². The fourth-order valence-corrected chi connectivity index (χ4v) is 2.28. The third kappa shape index (κ3) is 4.98. The summed E-state index contributed by atoms with van der Waals surface area (Å²) in [6.07, 6.45) is 8.48. The van der Waals surface area contributed by atoms with Gasteiger partial charge in [-0.2, -0.15) is 0 Å². The highest BCUT2D eigenvalue weighted by Crippen LogP contribution is 2.22. The van der Waals surface area contributed by atoms with Crippen molar-refractivity contribution in [3.05, 3.63) is 0 Å². The zero-order valence-electron chi connectivity index (χ0n) is 10.3. The summed E-state index contributed by atoms with van der Waals surface area (Å²) in [6.45, 7) is 5.71. The summed E-state index contributed by atoms with van der Waals surface area (Å²) in [6, 6.07) is 0.443. The van der Waals surface area contributed by atoms with Crippen LogP contribution in [-0.2, 0) is 0 Å². The van der Waals surface area contributed by atoms with Crippen LogP contribution in [0.1, 0.15) is 52.4 Å². The monoisotopic (exact) mass is 213 g/mol. The van der Waals surface area contributed by atoms with Gasteiger partial charge in [0, 0.05) is 12.6 Å². The van der Waals surface area contributed by atoms with Gasteiger partial charge in [-0.3, -0.25) is 0 Å². The third-order valence-corrected chi connectivity index (χ3v) is 3.84. The molecule has 0 spiro atoms. The van der Waals surface area contributed by atoms with Gasteiger partial charge in [-0.05, 0) is 38.1 Å². The molecule has 2 N–H and O–H groups in total. The molecule has 1 aliphatic rings. The largest absolute Gasteiger partial charge is 0.396 e. The fraction of sp³-hybridized carbons (Fsp3) is 1.00. The zero-order valence-corrected chi connectivity index (χ0v) is 10.3. The lowest BCUT2D eigenvalue weighted by Gasteiger charge is -2.22. The van der Waals surface area contributed by atoms with Gasteiger partial charge in [-0.25, -0.2) is 0 Å². The van der Waals surface area contributed by atoms with Gasteiger partial charge in [0.15, 0.2) is 0 Å². The lowest BCUT2D eigenvalue weighted by atomic mass is 9.98. The van der Waals surface area contributed by atoms with E-state index in [1.165, 1.54) is 38.5 Å². The van der Waals surface area contributed by atoms with E-state index < -0.39 is 0 Å². The molecule has 1 saturated carbocycles. The van der Waals surface area contributed by atoms with Crippen molar-refractivity contribution in [3.63, 3.8) is 0 Å². The molecule has 15 heavy (non-hydrogen) atoms. The van der Waals surface area contributed by atoms with Crippen LogP contribution in [-0.4, -0.2) is 24.3 Å². The first-order valence-electron chi connectivity index (χ1n) is 6.58. The molecule has 0 aromatic carbocycles. The van der Waals surface area contributed by atoms with Crippen molar-refractivity contribution < 1.29 is 5.11 Å². The Morgan fingerprint density at radius 1 is 1.13 bits per heavy atom. The molecule has 1 fully saturated rings. The zero-order chi connectivity index (χ0) is 11.1. The van der Waals surface area contributed by atoms with Crippen molar-refractivity contribution in [2.45, 2.75) is 58.4 Å². The Labute approximate surface area is 94.5 Å². The average molecular weight is 213 g/mol. The van der Waals surface area contributed by atoms with Crippen molar-refractivity contribution in [3.8, 4) is 0 Å². The predicted molar refractivity (Wildman–Crippen MR) is 64.9 cm³/mol. The number of hydrogen-bond acceptors (Lipinski definition) is 2. The smallest absolute Gasteiger partial charge is 0.0471 e. The molecule has 2 nitrogen and oxygen atoms in total. The molecule has 0 radical (unpaired) electrons. The molecular formula is C13H27NO. The van der Waals surface area contributed by atoms with Crippen molar-refractivity contribution in [2.24, 2.45) is 11.8 Å². The van der Waals surface area contributed by atoms with Crippen LogP contribution >= 0.6 is 0 Å². The molecule has 1 rings (SSSR count). The topological polar surface area (TPSA) is 32.3 Å². The molecule has 0 heterocycles. The molecule has 2 atom stereocenters. The Kier molecular flexibility index (Phi) is 6.26. The minimum Gasteiger partial charge on any atom is -0.396 e. The second-order valence-electron chi connectivity index (χ2n) is 5.21. The quantitative estimate of drug-likeness (QED) is 0.688. The highest BCUT2D eigenvalue weighted by molar-refractivity contribution is 4.72. The summed E-state index contributed by atoms with van der Waals surface area (Å²) in [7, 11) is 0. The van der Waals surface area contributed by atoms with Gasteiger partial charge in [-0.15, -0.1) is 0 Å². The first kappa shape index (κ1) is 13.0. The number of hydrogen-bond donors (Lipinski definition) is 2. The molecule has 2 heteroatoms. The molecule has 2 unspecified atom stereocenters.